The molecule has 0 heterocycles. The largest absolute Gasteiger partial charge is 0.397 e. The summed E-state index contributed by atoms with van der Waals surface area (Å²) in [6, 6.07) is 5.12. The van der Waals surface area contributed by atoms with Gasteiger partial charge in [0.2, 0.25) is 0 Å². The van der Waals surface area contributed by atoms with Crippen molar-refractivity contribution in [1.29, 1.82) is 0 Å². The quantitative estimate of drug-likeness (QED) is 0.652. The predicted octanol–water partition coefficient (Wildman–Crippen LogP) is 2.17. The molecule has 0 saturated carbocycles. The van der Waals surface area contributed by atoms with Crippen LogP contribution in [-0.4, -0.2) is 20.4 Å². The minimum atomic E-state index is -3.22. The van der Waals surface area contributed by atoms with Crippen LogP contribution in [0.4, 0.5) is 5.69 Å². The first-order valence-corrected chi connectivity index (χ1v) is 7.56. The lowest BCUT2D eigenvalue weighted by Crippen LogP contribution is -2.03. The van der Waals surface area contributed by atoms with Gasteiger partial charge in [-0.1, -0.05) is 13.0 Å². The van der Waals surface area contributed by atoms with Gasteiger partial charge >= 0.3 is 0 Å². The van der Waals surface area contributed by atoms with E-state index in [2.05, 4.69) is 6.92 Å². The van der Waals surface area contributed by atoms with Crippen LogP contribution in [0.25, 0.3) is 0 Å². The summed E-state index contributed by atoms with van der Waals surface area (Å²) in [5.41, 5.74) is 6.18. The van der Waals surface area contributed by atoms with Crippen LogP contribution in [0.5, 0.6) is 0 Å². The van der Waals surface area contributed by atoms with Crippen LogP contribution in [-0.2, 0) is 9.84 Å². The van der Waals surface area contributed by atoms with Crippen LogP contribution in [0.3, 0.4) is 0 Å². The summed E-state index contributed by atoms with van der Waals surface area (Å²) in [5.74, 6) is 0.942. The third-order valence-electron chi connectivity index (χ3n) is 1.89. The summed E-state index contributed by atoms with van der Waals surface area (Å²) in [6.45, 7) is 2.07. The van der Waals surface area contributed by atoms with E-state index in [1.165, 1.54) is 6.26 Å². The molecule has 1 aromatic carbocycles. The van der Waals surface area contributed by atoms with E-state index in [0.717, 1.165) is 17.1 Å². The third-order valence-corrected chi connectivity index (χ3v) is 4.32. The molecule has 5 heteroatoms. The second-order valence-corrected chi connectivity index (χ2v) is 6.41. The van der Waals surface area contributed by atoms with Crippen molar-refractivity contribution in [3.63, 3.8) is 0 Å². The molecule has 0 fully saturated rings. The van der Waals surface area contributed by atoms with Gasteiger partial charge < -0.3 is 5.73 Å². The number of hydrogen-bond acceptors (Lipinski definition) is 4. The number of thioether (sulfide) groups is 1. The Morgan fingerprint density at radius 3 is 2.60 bits per heavy atom. The molecule has 0 bridgehead atoms. The Labute approximate surface area is 95.0 Å². The highest BCUT2D eigenvalue weighted by molar-refractivity contribution is 7.99. The lowest BCUT2D eigenvalue weighted by atomic mass is 10.3. The lowest BCUT2D eigenvalue weighted by molar-refractivity contribution is 0.602. The lowest BCUT2D eigenvalue weighted by Gasteiger charge is -2.08. The smallest absolute Gasteiger partial charge is 0.177 e. The number of anilines is 1. The highest BCUT2D eigenvalue weighted by atomic mass is 32.2. The number of nitrogens with two attached hydrogens (primary N) is 1. The molecule has 15 heavy (non-hydrogen) atoms. The van der Waals surface area contributed by atoms with E-state index < -0.39 is 9.84 Å². The third kappa shape index (κ3) is 3.14. The van der Waals surface area contributed by atoms with E-state index in [0.29, 0.717) is 5.69 Å². The molecule has 3 nitrogen and oxygen atoms in total. The maximum absolute atomic E-state index is 11.4. The van der Waals surface area contributed by atoms with Crippen molar-refractivity contribution in [1.82, 2.24) is 0 Å². The molecule has 84 valence electrons. The number of rotatable bonds is 4. The van der Waals surface area contributed by atoms with E-state index in [1.807, 2.05) is 6.07 Å². The molecule has 0 unspecified atom stereocenters. The van der Waals surface area contributed by atoms with Gasteiger partial charge in [-0.3, -0.25) is 0 Å². The maximum atomic E-state index is 11.4. The fraction of sp³-hybridized carbons (Fsp3) is 0.400. The Morgan fingerprint density at radius 1 is 1.40 bits per heavy atom. The van der Waals surface area contributed by atoms with Crippen LogP contribution >= 0.6 is 11.8 Å². The van der Waals surface area contributed by atoms with E-state index >= 15 is 0 Å². The van der Waals surface area contributed by atoms with Crippen LogP contribution in [0.1, 0.15) is 13.3 Å². The SMILES string of the molecule is CCCSc1cccc(S(C)(=O)=O)c1N. The second kappa shape index (κ2) is 4.90. The van der Waals surface area contributed by atoms with Crippen molar-refractivity contribution in [2.75, 3.05) is 17.7 Å². The molecular weight excluding hydrogens is 230 g/mol. The Morgan fingerprint density at radius 2 is 2.07 bits per heavy atom. The standard InChI is InChI=1S/C10H15NO2S2/c1-3-7-14-8-5-4-6-9(10(8)11)15(2,12)13/h4-6H,3,7,11H2,1-2H3. The predicted molar refractivity (Wildman–Crippen MR) is 65.0 cm³/mol. The van der Waals surface area contributed by atoms with Crippen LogP contribution in [0.2, 0.25) is 0 Å². The molecule has 0 saturated heterocycles. The van der Waals surface area contributed by atoms with Crippen molar-refractivity contribution >= 4 is 27.3 Å². The van der Waals surface area contributed by atoms with Crippen LogP contribution in [0, 0.1) is 0 Å². The van der Waals surface area contributed by atoms with Crippen molar-refractivity contribution in [2.45, 2.75) is 23.1 Å². The number of sulfone groups is 1. The Balaban J connectivity index is 3.12. The topological polar surface area (TPSA) is 60.2 Å². The fourth-order valence-corrected chi connectivity index (χ4v) is 2.95. The first-order valence-electron chi connectivity index (χ1n) is 4.68. The van der Waals surface area contributed by atoms with Crippen molar-refractivity contribution in [3.8, 4) is 0 Å². The molecule has 0 spiro atoms. The first-order chi connectivity index (χ1) is 6.96. The Hall–Kier alpha value is -0.680. The number of nitrogen functional groups attached to an aromatic ring is 1. The van der Waals surface area contributed by atoms with Crippen LogP contribution in [0.15, 0.2) is 28.0 Å². The van der Waals surface area contributed by atoms with Gasteiger partial charge in [-0.25, -0.2) is 8.42 Å². The summed E-state index contributed by atoms with van der Waals surface area (Å²) >= 11 is 1.59. The number of benzene rings is 1. The van der Waals surface area contributed by atoms with Gasteiger partial charge in [-0.05, 0) is 24.3 Å². The van der Waals surface area contributed by atoms with Gasteiger partial charge in [0, 0.05) is 11.2 Å². The van der Waals surface area contributed by atoms with Gasteiger partial charge in [0.05, 0.1) is 10.6 Å². The normalized spacial score (nSPS) is 11.6. The minimum Gasteiger partial charge on any atom is -0.397 e. The van der Waals surface area contributed by atoms with E-state index in [1.54, 1.807) is 23.9 Å². The van der Waals surface area contributed by atoms with Gasteiger partial charge in [0.15, 0.2) is 9.84 Å². The number of para-hydroxylation sites is 1. The summed E-state index contributed by atoms with van der Waals surface area (Å²) in [7, 11) is -3.22. The molecule has 2 N–H and O–H groups in total. The highest BCUT2D eigenvalue weighted by Crippen LogP contribution is 2.30. The molecule has 0 aromatic heterocycles. The molecule has 1 aromatic rings. The summed E-state index contributed by atoms with van der Waals surface area (Å²) in [6.07, 6.45) is 2.21. The van der Waals surface area contributed by atoms with Crippen molar-refractivity contribution in [3.05, 3.63) is 18.2 Å². The van der Waals surface area contributed by atoms with Crippen molar-refractivity contribution < 1.29 is 8.42 Å². The fourth-order valence-electron chi connectivity index (χ4n) is 1.19. The zero-order chi connectivity index (χ0) is 11.5. The molecular formula is C10H15NO2S2. The maximum Gasteiger partial charge on any atom is 0.177 e. The Kier molecular flexibility index (Phi) is 4.04. The van der Waals surface area contributed by atoms with Gasteiger partial charge in [-0.15, -0.1) is 11.8 Å². The molecule has 0 aliphatic heterocycles. The zero-order valence-electron chi connectivity index (χ0n) is 8.86. The molecule has 0 radical (unpaired) electrons. The average molecular weight is 245 g/mol. The summed E-state index contributed by atoms with van der Waals surface area (Å²) in [5, 5.41) is 0. The minimum absolute atomic E-state index is 0.226. The van der Waals surface area contributed by atoms with Crippen molar-refractivity contribution in [2.24, 2.45) is 0 Å². The molecule has 0 atom stereocenters. The average Bonchev–Trinajstić information content (AvgIpc) is 2.14. The second-order valence-electron chi connectivity index (χ2n) is 3.29. The molecule has 0 aliphatic carbocycles. The summed E-state index contributed by atoms with van der Waals surface area (Å²) < 4.78 is 22.8. The monoisotopic (exact) mass is 245 g/mol. The molecule has 0 amide bonds. The van der Waals surface area contributed by atoms with E-state index in [-0.39, 0.29) is 4.90 Å². The van der Waals surface area contributed by atoms with Gasteiger partial charge in [0.1, 0.15) is 0 Å². The van der Waals surface area contributed by atoms with Gasteiger partial charge in [-0.2, -0.15) is 0 Å². The van der Waals surface area contributed by atoms with E-state index in [4.69, 9.17) is 5.73 Å². The van der Waals surface area contributed by atoms with Crippen LogP contribution < -0.4 is 5.73 Å². The number of hydrogen-bond donors (Lipinski definition) is 1. The van der Waals surface area contributed by atoms with Gasteiger partial charge in [0.25, 0.3) is 0 Å². The zero-order valence-corrected chi connectivity index (χ0v) is 10.5. The highest BCUT2D eigenvalue weighted by Gasteiger charge is 2.13. The molecule has 1 rings (SSSR count). The first kappa shape index (κ1) is 12.4. The summed E-state index contributed by atoms with van der Waals surface area (Å²) in [4.78, 5) is 1.07. The molecule has 0 aliphatic rings. The Bertz CT molecular complexity index is 441. The van der Waals surface area contributed by atoms with E-state index in [9.17, 15) is 8.42 Å².